The molecule has 0 saturated carbocycles. The van der Waals surface area contributed by atoms with Gasteiger partial charge in [-0.1, -0.05) is 12.1 Å². The highest BCUT2D eigenvalue weighted by Crippen LogP contribution is 2.33. The van der Waals surface area contributed by atoms with Crippen LogP contribution >= 0.6 is 12.4 Å². The largest absolute Gasteiger partial charge is 0.416 e. The number of halogens is 4. The van der Waals surface area contributed by atoms with Gasteiger partial charge in [-0.25, -0.2) is 9.97 Å². The maximum absolute atomic E-state index is 12.9. The lowest BCUT2D eigenvalue weighted by molar-refractivity contribution is -0.137. The summed E-state index contributed by atoms with van der Waals surface area (Å²) < 4.78 is 38.8. The molecule has 1 saturated heterocycles. The number of hydrogen-bond donors (Lipinski definition) is 2. The standard InChI is InChI=1S/C19H19F3N4.ClH.H2O/c1-11-7-13(5-6-23-11)18-24-10-17-16(26-18)9-15(25-17)12-3-2-4-14(8-12)19(20,21)22;;/h2-4,8-11,13,23,25H,5-7H2,1H3;1H;1H2. The first-order chi connectivity index (χ1) is 12.4. The number of rotatable bonds is 2. The zero-order valence-electron chi connectivity index (χ0n) is 15.2. The molecule has 2 unspecified atom stereocenters. The van der Waals surface area contributed by atoms with Gasteiger partial charge >= 0.3 is 6.18 Å². The molecule has 4 N–H and O–H groups in total. The highest BCUT2D eigenvalue weighted by molar-refractivity contribution is 5.85. The minimum Gasteiger partial charge on any atom is -0.412 e. The normalized spacial score (nSPS) is 19.7. The minimum absolute atomic E-state index is 0. The molecular formula is C19H22ClF3N4O. The Balaban J connectivity index is 0.00000140. The summed E-state index contributed by atoms with van der Waals surface area (Å²) in [7, 11) is 0. The summed E-state index contributed by atoms with van der Waals surface area (Å²) in [5.41, 5.74) is 1.88. The van der Waals surface area contributed by atoms with Crippen molar-refractivity contribution in [3.63, 3.8) is 0 Å². The van der Waals surface area contributed by atoms with E-state index in [2.05, 4.69) is 27.2 Å². The van der Waals surface area contributed by atoms with Crippen LogP contribution in [-0.2, 0) is 6.18 Å². The number of H-pyrrole nitrogens is 1. The van der Waals surface area contributed by atoms with Gasteiger partial charge in [0.05, 0.1) is 22.8 Å². The van der Waals surface area contributed by atoms with Gasteiger partial charge in [-0.05, 0) is 50.1 Å². The molecule has 28 heavy (non-hydrogen) atoms. The molecule has 1 aromatic carbocycles. The smallest absolute Gasteiger partial charge is 0.412 e. The molecule has 0 amide bonds. The summed E-state index contributed by atoms with van der Waals surface area (Å²) in [6, 6.07) is 7.51. The second kappa shape index (κ2) is 8.46. The molecule has 2 aromatic heterocycles. The van der Waals surface area contributed by atoms with Gasteiger partial charge in [0.15, 0.2) is 0 Å². The Morgan fingerprint density at radius 2 is 1.96 bits per heavy atom. The van der Waals surface area contributed by atoms with Gasteiger partial charge in [0.25, 0.3) is 0 Å². The fraction of sp³-hybridized carbons (Fsp3) is 0.368. The van der Waals surface area contributed by atoms with E-state index in [1.165, 1.54) is 6.07 Å². The van der Waals surface area contributed by atoms with E-state index in [0.717, 1.165) is 48.4 Å². The molecule has 0 radical (unpaired) electrons. The zero-order chi connectivity index (χ0) is 18.3. The van der Waals surface area contributed by atoms with Gasteiger partial charge in [0.2, 0.25) is 0 Å². The van der Waals surface area contributed by atoms with E-state index in [0.29, 0.717) is 23.2 Å². The average Bonchev–Trinajstić information content (AvgIpc) is 3.04. The van der Waals surface area contributed by atoms with Gasteiger partial charge in [0.1, 0.15) is 5.82 Å². The molecule has 1 aliphatic heterocycles. The summed E-state index contributed by atoms with van der Waals surface area (Å²) in [6.45, 7) is 3.09. The number of nitrogens with zero attached hydrogens (tertiary/aromatic N) is 2. The van der Waals surface area contributed by atoms with Crippen LogP contribution in [0, 0.1) is 0 Å². The van der Waals surface area contributed by atoms with E-state index < -0.39 is 11.7 Å². The fourth-order valence-electron chi connectivity index (χ4n) is 3.52. The SMILES string of the molecule is CC1CC(c2ncc3[nH]c(-c4cccc(C(F)(F)F)c4)cc3n2)CCN1.Cl.O. The number of nitrogens with one attached hydrogen (secondary N) is 2. The van der Waals surface area contributed by atoms with E-state index in [1.807, 2.05) is 0 Å². The fourth-order valence-corrected chi connectivity index (χ4v) is 3.52. The Kier molecular flexibility index (Phi) is 6.69. The predicted octanol–water partition coefficient (Wildman–Crippen LogP) is 4.10. The van der Waals surface area contributed by atoms with Crippen molar-refractivity contribution < 1.29 is 18.6 Å². The summed E-state index contributed by atoms with van der Waals surface area (Å²) in [4.78, 5) is 12.3. The van der Waals surface area contributed by atoms with Gasteiger partial charge in [0, 0.05) is 17.7 Å². The van der Waals surface area contributed by atoms with Crippen LogP contribution in [-0.4, -0.2) is 33.0 Å². The predicted molar refractivity (Wildman–Crippen MR) is 105 cm³/mol. The van der Waals surface area contributed by atoms with Crippen LogP contribution in [0.25, 0.3) is 22.3 Å². The number of benzene rings is 1. The van der Waals surface area contributed by atoms with E-state index in [9.17, 15) is 13.2 Å². The Morgan fingerprint density at radius 3 is 2.68 bits per heavy atom. The van der Waals surface area contributed by atoms with Crippen LogP contribution in [0.15, 0.2) is 36.5 Å². The number of hydrogen-bond acceptors (Lipinski definition) is 3. The summed E-state index contributed by atoms with van der Waals surface area (Å²) in [5.74, 6) is 1.11. The van der Waals surface area contributed by atoms with Crippen molar-refractivity contribution in [2.45, 2.75) is 37.9 Å². The van der Waals surface area contributed by atoms with Crippen molar-refractivity contribution in [1.29, 1.82) is 0 Å². The lowest BCUT2D eigenvalue weighted by atomic mass is 9.92. The maximum atomic E-state index is 12.9. The zero-order valence-corrected chi connectivity index (χ0v) is 16.0. The molecule has 152 valence electrons. The van der Waals surface area contributed by atoms with Gasteiger partial charge in [-0.15, -0.1) is 12.4 Å². The van der Waals surface area contributed by atoms with E-state index in [4.69, 9.17) is 0 Å². The molecule has 4 rings (SSSR count). The van der Waals surface area contributed by atoms with E-state index >= 15 is 0 Å². The molecule has 5 nitrogen and oxygen atoms in total. The van der Waals surface area contributed by atoms with E-state index in [1.54, 1.807) is 18.3 Å². The third-order valence-electron chi connectivity index (χ3n) is 4.88. The van der Waals surface area contributed by atoms with Crippen molar-refractivity contribution in [3.05, 3.63) is 47.9 Å². The third-order valence-corrected chi connectivity index (χ3v) is 4.88. The number of fused-ring (bicyclic) bond motifs is 1. The third kappa shape index (κ3) is 4.45. The molecule has 0 bridgehead atoms. The van der Waals surface area contributed by atoms with Crippen LogP contribution < -0.4 is 5.32 Å². The quantitative estimate of drug-likeness (QED) is 0.662. The highest BCUT2D eigenvalue weighted by atomic mass is 35.5. The van der Waals surface area contributed by atoms with Gasteiger partial charge in [-0.2, -0.15) is 13.2 Å². The van der Waals surface area contributed by atoms with Crippen molar-refractivity contribution in [1.82, 2.24) is 20.3 Å². The van der Waals surface area contributed by atoms with Gasteiger partial charge < -0.3 is 15.8 Å². The van der Waals surface area contributed by atoms with Crippen LogP contribution in [0.1, 0.15) is 37.1 Å². The maximum Gasteiger partial charge on any atom is 0.416 e. The minimum atomic E-state index is -4.36. The van der Waals surface area contributed by atoms with Gasteiger partial charge in [-0.3, -0.25) is 0 Å². The average molecular weight is 415 g/mol. The molecule has 1 fully saturated rings. The van der Waals surface area contributed by atoms with Crippen molar-refractivity contribution in [2.75, 3.05) is 6.54 Å². The second-order valence-electron chi connectivity index (χ2n) is 6.87. The van der Waals surface area contributed by atoms with Crippen LogP contribution in [0.5, 0.6) is 0 Å². The molecule has 3 aromatic rings. The molecule has 0 spiro atoms. The van der Waals surface area contributed by atoms with Crippen molar-refractivity contribution >= 4 is 23.4 Å². The van der Waals surface area contributed by atoms with Crippen LogP contribution in [0.4, 0.5) is 13.2 Å². The second-order valence-corrected chi connectivity index (χ2v) is 6.87. The molecule has 2 atom stereocenters. The lowest BCUT2D eigenvalue weighted by Gasteiger charge is -2.26. The lowest BCUT2D eigenvalue weighted by Crippen LogP contribution is -2.35. The Labute approximate surface area is 166 Å². The number of aromatic amines is 1. The summed E-state index contributed by atoms with van der Waals surface area (Å²) in [5, 5.41) is 3.41. The number of aromatic nitrogens is 3. The summed E-state index contributed by atoms with van der Waals surface area (Å²) >= 11 is 0. The topological polar surface area (TPSA) is 85.1 Å². The number of alkyl halides is 3. The van der Waals surface area contributed by atoms with Crippen LogP contribution in [0.2, 0.25) is 0 Å². The molecule has 9 heteroatoms. The highest BCUT2D eigenvalue weighted by Gasteiger charge is 2.30. The molecule has 0 aliphatic carbocycles. The van der Waals surface area contributed by atoms with Crippen LogP contribution in [0.3, 0.4) is 0 Å². The first-order valence-corrected chi connectivity index (χ1v) is 8.67. The van der Waals surface area contributed by atoms with E-state index in [-0.39, 0.29) is 17.9 Å². The molecule has 3 heterocycles. The van der Waals surface area contributed by atoms with Crippen molar-refractivity contribution in [2.24, 2.45) is 0 Å². The monoisotopic (exact) mass is 414 g/mol. The Hall–Kier alpha value is -2.16. The first kappa shape index (κ1) is 22.1. The first-order valence-electron chi connectivity index (χ1n) is 8.67. The molecule has 1 aliphatic rings. The number of piperidine rings is 1. The Bertz CT molecular complexity index is 944. The van der Waals surface area contributed by atoms with Crippen molar-refractivity contribution in [3.8, 4) is 11.3 Å². The molecular weight excluding hydrogens is 393 g/mol. The Morgan fingerprint density at radius 1 is 1.18 bits per heavy atom. The summed E-state index contributed by atoms with van der Waals surface area (Å²) in [6.07, 6.45) is -0.667.